The van der Waals surface area contributed by atoms with Crippen molar-refractivity contribution in [1.82, 2.24) is 4.90 Å². The fourth-order valence-corrected chi connectivity index (χ4v) is 2.12. The summed E-state index contributed by atoms with van der Waals surface area (Å²) in [6.07, 6.45) is 2.25. The van der Waals surface area contributed by atoms with Crippen LogP contribution in [0.25, 0.3) is 0 Å². The van der Waals surface area contributed by atoms with E-state index in [1.165, 1.54) is 11.1 Å². The molecule has 1 aliphatic rings. The molecule has 1 aliphatic carbocycles. The molecule has 1 aromatic carbocycles. The van der Waals surface area contributed by atoms with Gasteiger partial charge in [0.05, 0.1) is 5.41 Å². The molecule has 1 fully saturated rings. The predicted molar refractivity (Wildman–Crippen MR) is 77.6 cm³/mol. The molecule has 0 bridgehead atoms. The summed E-state index contributed by atoms with van der Waals surface area (Å²) in [5, 5.41) is 0. The average Bonchev–Trinajstić information content (AvgIpc) is 3.21. The molecule has 0 radical (unpaired) electrons. The molecule has 0 aliphatic heterocycles. The lowest BCUT2D eigenvalue weighted by Crippen LogP contribution is -2.45. The second-order valence-corrected chi connectivity index (χ2v) is 6.24. The van der Waals surface area contributed by atoms with Gasteiger partial charge in [-0.15, -0.1) is 0 Å². The maximum atomic E-state index is 12.6. The monoisotopic (exact) mass is 260 g/mol. The summed E-state index contributed by atoms with van der Waals surface area (Å²) in [6, 6.07) is 8.82. The minimum absolute atomic E-state index is 0.179. The first kappa shape index (κ1) is 14.1. The zero-order valence-corrected chi connectivity index (χ0v) is 12.1. The summed E-state index contributed by atoms with van der Waals surface area (Å²) in [5.41, 5.74) is 7.71. The van der Waals surface area contributed by atoms with E-state index in [-0.39, 0.29) is 5.91 Å². The summed E-state index contributed by atoms with van der Waals surface area (Å²) in [5.74, 6) is 0.179. The quantitative estimate of drug-likeness (QED) is 0.884. The lowest BCUT2D eigenvalue weighted by Gasteiger charge is -2.31. The van der Waals surface area contributed by atoms with Crippen LogP contribution < -0.4 is 5.73 Å². The molecule has 0 saturated heterocycles. The van der Waals surface area contributed by atoms with Crippen LogP contribution in [-0.2, 0) is 11.3 Å². The second-order valence-electron chi connectivity index (χ2n) is 6.24. The van der Waals surface area contributed by atoms with Gasteiger partial charge in [0.2, 0.25) is 5.91 Å². The first-order valence-electron chi connectivity index (χ1n) is 7.01. The number of rotatable bonds is 5. The fraction of sp³-hybridized carbons (Fsp3) is 0.562. The van der Waals surface area contributed by atoms with Gasteiger partial charge in [-0.3, -0.25) is 4.79 Å². The molecule has 1 aromatic rings. The normalized spacial score (nSPS) is 15.4. The van der Waals surface area contributed by atoms with Gasteiger partial charge in [0, 0.05) is 19.1 Å². The van der Waals surface area contributed by atoms with Crippen LogP contribution in [0.3, 0.4) is 0 Å². The molecule has 0 spiro atoms. The predicted octanol–water partition coefficient (Wildman–Crippen LogP) is 2.47. The van der Waals surface area contributed by atoms with Gasteiger partial charge in [0.25, 0.3) is 0 Å². The highest BCUT2D eigenvalue weighted by Gasteiger charge is 2.38. The molecule has 0 atom stereocenters. The minimum atomic E-state index is -0.465. The van der Waals surface area contributed by atoms with Gasteiger partial charge in [-0.25, -0.2) is 0 Å². The largest absolute Gasteiger partial charge is 0.335 e. The first-order valence-corrected chi connectivity index (χ1v) is 7.01. The Balaban J connectivity index is 2.13. The molecule has 104 valence electrons. The Labute approximate surface area is 115 Å². The van der Waals surface area contributed by atoms with E-state index in [4.69, 9.17) is 5.73 Å². The highest BCUT2D eigenvalue weighted by molar-refractivity contribution is 5.82. The highest BCUT2D eigenvalue weighted by Crippen LogP contribution is 2.32. The minimum Gasteiger partial charge on any atom is -0.335 e. The molecule has 1 amide bonds. The molecule has 0 aromatic heterocycles. The maximum absolute atomic E-state index is 12.6. The van der Waals surface area contributed by atoms with Gasteiger partial charge in [-0.05, 0) is 39.2 Å². The van der Waals surface area contributed by atoms with Gasteiger partial charge in [-0.2, -0.15) is 0 Å². The maximum Gasteiger partial charge on any atom is 0.230 e. The van der Waals surface area contributed by atoms with Crippen LogP contribution in [-0.4, -0.2) is 23.4 Å². The Bertz CT molecular complexity index is 446. The van der Waals surface area contributed by atoms with Crippen molar-refractivity contribution in [2.45, 2.75) is 46.2 Å². The van der Waals surface area contributed by atoms with E-state index >= 15 is 0 Å². The van der Waals surface area contributed by atoms with Crippen LogP contribution in [0.5, 0.6) is 0 Å². The molecule has 0 unspecified atom stereocenters. The van der Waals surface area contributed by atoms with Gasteiger partial charge in [0.1, 0.15) is 0 Å². The number of nitrogens with zero attached hydrogens (tertiary/aromatic N) is 1. The fourth-order valence-electron chi connectivity index (χ4n) is 2.12. The van der Waals surface area contributed by atoms with Crippen LogP contribution in [0.4, 0.5) is 0 Å². The number of carbonyl (C=O) groups excluding carboxylic acids is 1. The molecule has 3 nitrogen and oxygen atoms in total. The average molecular weight is 260 g/mol. The van der Waals surface area contributed by atoms with Crippen LogP contribution >= 0.6 is 0 Å². The van der Waals surface area contributed by atoms with Gasteiger partial charge in [-0.1, -0.05) is 29.8 Å². The Morgan fingerprint density at radius 3 is 2.37 bits per heavy atom. The summed E-state index contributed by atoms with van der Waals surface area (Å²) in [7, 11) is 0. The number of hydrogen-bond acceptors (Lipinski definition) is 2. The van der Waals surface area contributed by atoms with Crippen molar-refractivity contribution in [2.75, 3.05) is 6.54 Å². The molecule has 2 rings (SSSR count). The van der Waals surface area contributed by atoms with Crippen molar-refractivity contribution < 1.29 is 4.79 Å². The second kappa shape index (κ2) is 5.33. The Kier molecular flexibility index (Phi) is 3.95. The number of amides is 1. The first-order chi connectivity index (χ1) is 8.94. The van der Waals surface area contributed by atoms with E-state index in [1.807, 2.05) is 18.7 Å². The Morgan fingerprint density at radius 2 is 1.89 bits per heavy atom. The van der Waals surface area contributed by atoms with E-state index in [1.54, 1.807) is 0 Å². The lowest BCUT2D eigenvalue weighted by atomic mass is 9.91. The van der Waals surface area contributed by atoms with Crippen molar-refractivity contribution in [1.29, 1.82) is 0 Å². The molecular weight excluding hydrogens is 236 g/mol. The topological polar surface area (TPSA) is 46.3 Å². The summed E-state index contributed by atoms with van der Waals surface area (Å²) >= 11 is 0. The van der Waals surface area contributed by atoms with Crippen LogP contribution in [0, 0.1) is 12.3 Å². The summed E-state index contributed by atoms with van der Waals surface area (Å²) in [4.78, 5) is 14.6. The van der Waals surface area contributed by atoms with E-state index in [9.17, 15) is 4.79 Å². The third kappa shape index (κ3) is 3.35. The van der Waals surface area contributed by atoms with E-state index in [0.29, 0.717) is 19.1 Å². The highest BCUT2D eigenvalue weighted by atomic mass is 16.2. The Morgan fingerprint density at radius 1 is 1.32 bits per heavy atom. The molecule has 19 heavy (non-hydrogen) atoms. The number of aryl methyl sites for hydroxylation is 1. The van der Waals surface area contributed by atoms with Crippen molar-refractivity contribution in [3.63, 3.8) is 0 Å². The number of carbonyl (C=O) groups is 1. The van der Waals surface area contributed by atoms with Gasteiger partial charge >= 0.3 is 0 Å². The lowest BCUT2D eigenvalue weighted by molar-refractivity contribution is -0.141. The summed E-state index contributed by atoms with van der Waals surface area (Å²) < 4.78 is 0. The van der Waals surface area contributed by atoms with E-state index < -0.39 is 5.41 Å². The number of hydrogen-bond donors (Lipinski definition) is 1. The smallest absolute Gasteiger partial charge is 0.230 e. The molecule has 3 heteroatoms. The van der Waals surface area contributed by atoms with Crippen LogP contribution in [0.15, 0.2) is 24.3 Å². The molecule has 0 heterocycles. The molecule has 1 saturated carbocycles. The van der Waals surface area contributed by atoms with Crippen molar-refractivity contribution >= 4 is 5.91 Å². The van der Waals surface area contributed by atoms with E-state index in [2.05, 4.69) is 31.2 Å². The molecule has 2 N–H and O–H groups in total. The SMILES string of the molecule is Cc1ccc(CN(C(=O)C(C)(C)CN)C2CC2)cc1. The third-order valence-electron chi connectivity index (χ3n) is 3.81. The van der Waals surface area contributed by atoms with Crippen molar-refractivity contribution in [2.24, 2.45) is 11.1 Å². The van der Waals surface area contributed by atoms with Crippen LogP contribution in [0.1, 0.15) is 37.8 Å². The van der Waals surface area contributed by atoms with Gasteiger partial charge in [0.15, 0.2) is 0 Å². The van der Waals surface area contributed by atoms with E-state index in [0.717, 1.165) is 12.8 Å². The standard InChI is InChI=1S/C16H24N2O/c1-12-4-6-13(7-5-12)10-18(14-8-9-14)15(19)16(2,3)11-17/h4-7,14H,8-11,17H2,1-3H3. The summed E-state index contributed by atoms with van der Waals surface area (Å²) in [6.45, 7) is 7.03. The van der Waals surface area contributed by atoms with Gasteiger partial charge < -0.3 is 10.6 Å². The van der Waals surface area contributed by atoms with Crippen molar-refractivity contribution in [3.05, 3.63) is 35.4 Å². The molecular formula is C16H24N2O. The zero-order chi connectivity index (χ0) is 14.0. The zero-order valence-electron chi connectivity index (χ0n) is 12.1. The third-order valence-corrected chi connectivity index (χ3v) is 3.81. The van der Waals surface area contributed by atoms with Crippen molar-refractivity contribution in [3.8, 4) is 0 Å². The number of benzene rings is 1. The Hall–Kier alpha value is -1.35. The number of nitrogens with two attached hydrogens (primary N) is 1. The van der Waals surface area contributed by atoms with Crippen LogP contribution in [0.2, 0.25) is 0 Å².